The Bertz CT molecular complexity index is 1060. The number of nitrogens with one attached hydrogen (secondary N) is 1. The number of hydrogen-bond acceptors (Lipinski definition) is 7. The second kappa shape index (κ2) is 11.3. The fraction of sp³-hybridized carbons (Fsp3) is 0.520. The molecule has 3 heterocycles. The van der Waals surface area contributed by atoms with Gasteiger partial charge < -0.3 is 24.6 Å². The van der Waals surface area contributed by atoms with E-state index >= 15 is 0 Å². The molecular formula is C25H32N4O5S. The van der Waals surface area contributed by atoms with Crippen LogP contribution in [-0.4, -0.2) is 84.6 Å². The van der Waals surface area contributed by atoms with Gasteiger partial charge in [-0.15, -0.1) is 11.3 Å². The number of carbonyl (C=O) groups excluding carboxylic acids is 3. The Balaban J connectivity index is 1.40. The largest absolute Gasteiger partial charge is 0.377 e. The molecule has 10 heteroatoms. The number of benzene rings is 1. The van der Waals surface area contributed by atoms with Crippen molar-refractivity contribution < 1.29 is 23.9 Å². The van der Waals surface area contributed by atoms with Crippen molar-refractivity contribution in [2.75, 3.05) is 40.0 Å². The lowest BCUT2D eigenvalue weighted by atomic mass is 10.1. The molecule has 2 aliphatic heterocycles. The molecule has 3 unspecified atom stereocenters. The van der Waals surface area contributed by atoms with Gasteiger partial charge in [0.15, 0.2) is 0 Å². The van der Waals surface area contributed by atoms with Crippen molar-refractivity contribution in [1.29, 1.82) is 0 Å². The number of amides is 3. The van der Waals surface area contributed by atoms with Crippen molar-refractivity contribution in [2.24, 2.45) is 5.92 Å². The highest BCUT2D eigenvalue weighted by atomic mass is 32.1. The molecule has 2 saturated heterocycles. The van der Waals surface area contributed by atoms with Crippen molar-refractivity contribution in [2.45, 2.75) is 38.9 Å². The fourth-order valence-electron chi connectivity index (χ4n) is 4.70. The number of methoxy groups -OCH3 is 1. The summed E-state index contributed by atoms with van der Waals surface area (Å²) in [5.41, 5.74) is 4.91. The molecule has 0 spiro atoms. The second-order valence-electron chi connectivity index (χ2n) is 9.14. The summed E-state index contributed by atoms with van der Waals surface area (Å²) >= 11 is 1.60. The number of hydrogen-bond donors (Lipinski definition) is 1. The van der Waals surface area contributed by atoms with Crippen LogP contribution in [0.15, 0.2) is 29.8 Å². The Kier molecular flexibility index (Phi) is 8.15. The molecule has 9 nitrogen and oxygen atoms in total. The SMILES string of the molecule is COCC(=O)N1CCOCC1C(=O)N1CC(C)CC1C(=O)NCc1ccc(-c2scnc2C)cc1. The molecule has 3 atom stereocenters. The van der Waals surface area contributed by atoms with Gasteiger partial charge in [-0.25, -0.2) is 4.98 Å². The molecule has 0 saturated carbocycles. The zero-order valence-electron chi connectivity index (χ0n) is 20.4. The van der Waals surface area contributed by atoms with E-state index in [4.69, 9.17) is 9.47 Å². The lowest BCUT2D eigenvalue weighted by molar-refractivity contribution is -0.157. The van der Waals surface area contributed by atoms with Gasteiger partial charge >= 0.3 is 0 Å². The first kappa shape index (κ1) is 25.3. The van der Waals surface area contributed by atoms with E-state index in [9.17, 15) is 14.4 Å². The molecule has 35 heavy (non-hydrogen) atoms. The number of carbonyl (C=O) groups is 3. The zero-order chi connectivity index (χ0) is 24.9. The quantitative estimate of drug-likeness (QED) is 0.623. The fourth-order valence-corrected chi connectivity index (χ4v) is 5.51. The highest BCUT2D eigenvalue weighted by Gasteiger charge is 2.43. The molecule has 1 aromatic heterocycles. The third-order valence-corrected chi connectivity index (χ3v) is 7.50. The minimum absolute atomic E-state index is 0.0918. The van der Waals surface area contributed by atoms with Crippen LogP contribution in [0.1, 0.15) is 24.6 Å². The number of aromatic nitrogens is 1. The highest BCUT2D eigenvalue weighted by molar-refractivity contribution is 7.13. The van der Waals surface area contributed by atoms with Gasteiger partial charge in [-0.2, -0.15) is 0 Å². The first-order chi connectivity index (χ1) is 16.9. The molecule has 3 amide bonds. The Labute approximate surface area is 209 Å². The van der Waals surface area contributed by atoms with Crippen molar-refractivity contribution >= 4 is 29.1 Å². The minimum Gasteiger partial charge on any atom is -0.377 e. The predicted octanol–water partition coefficient (Wildman–Crippen LogP) is 1.85. The average Bonchev–Trinajstić information content (AvgIpc) is 3.48. The topological polar surface area (TPSA) is 101 Å². The van der Waals surface area contributed by atoms with Gasteiger partial charge in [0.2, 0.25) is 17.7 Å². The van der Waals surface area contributed by atoms with Gasteiger partial charge in [0.25, 0.3) is 0 Å². The summed E-state index contributed by atoms with van der Waals surface area (Å²) in [4.78, 5) is 47.6. The first-order valence-electron chi connectivity index (χ1n) is 11.8. The second-order valence-corrected chi connectivity index (χ2v) is 9.99. The van der Waals surface area contributed by atoms with E-state index < -0.39 is 12.1 Å². The lowest BCUT2D eigenvalue weighted by Gasteiger charge is -2.37. The van der Waals surface area contributed by atoms with Gasteiger partial charge in [0.05, 0.1) is 29.3 Å². The van der Waals surface area contributed by atoms with E-state index in [2.05, 4.69) is 10.3 Å². The summed E-state index contributed by atoms with van der Waals surface area (Å²) < 4.78 is 10.5. The molecule has 1 aromatic carbocycles. The van der Waals surface area contributed by atoms with Crippen LogP contribution in [-0.2, 0) is 30.4 Å². The Morgan fingerprint density at radius 3 is 2.66 bits per heavy atom. The third-order valence-electron chi connectivity index (χ3n) is 6.53. The highest BCUT2D eigenvalue weighted by Crippen LogP contribution is 2.28. The van der Waals surface area contributed by atoms with Crippen LogP contribution in [0.5, 0.6) is 0 Å². The summed E-state index contributed by atoms with van der Waals surface area (Å²) in [6, 6.07) is 6.74. The van der Waals surface area contributed by atoms with Crippen molar-refractivity contribution in [3.8, 4) is 10.4 Å². The van der Waals surface area contributed by atoms with Crippen LogP contribution in [0.4, 0.5) is 0 Å². The van der Waals surface area contributed by atoms with Crippen LogP contribution < -0.4 is 5.32 Å². The zero-order valence-corrected chi connectivity index (χ0v) is 21.2. The Morgan fingerprint density at radius 2 is 1.97 bits per heavy atom. The molecule has 1 N–H and O–H groups in total. The number of rotatable bonds is 7. The maximum atomic E-state index is 13.5. The van der Waals surface area contributed by atoms with Gasteiger partial charge in [0.1, 0.15) is 18.7 Å². The smallest absolute Gasteiger partial charge is 0.249 e. The molecule has 0 aliphatic carbocycles. The molecule has 2 fully saturated rings. The predicted molar refractivity (Wildman–Crippen MR) is 132 cm³/mol. The first-order valence-corrected chi connectivity index (χ1v) is 12.7. The Hall–Kier alpha value is -2.82. The van der Waals surface area contributed by atoms with Gasteiger partial charge in [-0.3, -0.25) is 14.4 Å². The molecule has 2 aliphatic rings. The number of aryl methyl sites for hydroxylation is 1. The van der Waals surface area contributed by atoms with Gasteiger partial charge in [-0.1, -0.05) is 31.2 Å². The summed E-state index contributed by atoms with van der Waals surface area (Å²) in [5.74, 6) is -0.497. The standard InChI is InChI=1S/C25H32N4O5S/c1-16-10-20(29(12-16)25(32)21-13-34-9-8-28(21)22(30)14-33-3)24(31)26-11-18-4-6-19(7-5-18)23-17(2)27-15-35-23/h4-7,15-16,20-21H,8-14H2,1-3H3,(H,26,31). The van der Waals surface area contributed by atoms with Crippen LogP contribution in [0.3, 0.4) is 0 Å². The summed E-state index contributed by atoms with van der Waals surface area (Å²) in [6.45, 7) is 5.60. The number of thiazole rings is 1. The molecule has 0 radical (unpaired) electrons. The van der Waals surface area contributed by atoms with Crippen molar-refractivity contribution in [3.05, 3.63) is 41.0 Å². The molecule has 4 rings (SSSR count). The van der Waals surface area contributed by atoms with Gasteiger partial charge in [0, 0.05) is 26.7 Å². The maximum absolute atomic E-state index is 13.5. The normalized spacial score (nSPS) is 22.3. The van der Waals surface area contributed by atoms with E-state index in [0.717, 1.165) is 21.7 Å². The number of likely N-dealkylation sites (tertiary alicyclic amines) is 1. The minimum atomic E-state index is -0.741. The van der Waals surface area contributed by atoms with Crippen LogP contribution >= 0.6 is 11.3 Å². The summed E-state index contributed by atoms with van der Waals surface area (Å²) in [5, 5.41) is 2.99. The molecule has 2 aromatic rings. The number of morpholine rings is 1. The molecule has 0 bridgehead atoms. The van der Waals surface area contributed by atoms with E-state index in [-0.39, 0.29) is 36.9 Å². The van der Waals surface area contributed by atoms with Crippen molar-refractivity contribution in [3.63, 3.8) is 0 Å². The van der Waals surface area contributed by atoms with E-state index in [1.165, 1.54) is 12.0 Å². The van der Waals surface area contributed by atoms with E-state index in [1.807, 2.05) is 43.6 Å². The van der Waals surface area contributed by atoms with Crippen LogP contribution in [0.2, 0.25) is 0 Å². The van der Waals surface area contributed by atoms with Crippen LogP contribution in [0.25, 0.3) is 10.4 Å². The third kappa shape index (κ3) is 5.71. The summed E-state index contributed by atoms with van der Waals surface area (Å²) in [7, 11) is 1.45. The molecule has 188 valence electrons. The monoisotopic (exact) mass is 500 g/mol. The lowest BCUT2D eigenvalue weighted by Crippen LogP contribution is -2.59. The van der Waals surface area contributed by atoms with Gasteiger partial charge in [-0.05, 0) is 30.4 Å². The molecular weight excluding hydrogens is 468 g/mol. The number of nitrogens with zero attached hydrogens (tertiary/aromatic N) is 3. The van der Waals surface area contributed by atoms with Crippen molar-refractivity contribution in [1.82, 2.24) is 20.1 Å². The Morgan fingerprint density at radius 1 is 1.20 bits per heavy atom. The maximum Gasteiger partial charge on any atom is 0.249 e. The summed E-state index contributed by atoms with van der Waals surface area (Å²) in [6.07, 6.45) is 0.584. The van der Waals surface area contributed by atoms with E-state index in [1.54, 1.807) is 16.2 Å². The number of ether oxygens (including phenoxy) is 2. The van der Waals surface area contributed by atoms with Crippen LogP contribution in [0, 0.1) is 12.8 Å². The van der Waals surface area contributed by atoms with E-state index in [0.29, 0.717) is 32.7 Å². The average molecular weight is 501 g/mol.